The topological polar surface area (TPSA) is 59.5 Å². The molecule has 104 valence electrons. The maximum Gasteiger partial charge on any atom is 0.182 e. The van der Waals surface area contributed by atoms with Crippen LogP contribution in [0.5, 0.6) is 0 Å². The highest BCUT2D eigenvalue weighted by molar-refractivity contribution is 5.85. The molecule has 0 aliphatic carbocycles. The lowest BCUT2D eigenvalue weighted by Gasteiger charge is -2.19. The first kappa shape index (κ1) is 12.7. The molecule has 1 aromatic carbocycles. The van der Waals surface area contributed by atoms with Gasteiger partial charge in [-0.1, -0.05) is 19.1 Å². The molecule has 0 atom stereocenters. The number of benzene rings is 1. The number of hydrogen-bond donors (Lipinski definition) is 1. The van der Waals surface area contributed by atoms with Crippen molar-refractivity contribution in [2.75, 3.05) is 24.2 Å². The molecule has 0 spiro atoms. The van der Waals surface area contributed by atoms with E-state index in [0.717, 1.165) is 41.2 Å². The first-order valence-corrected chi connectivity index (χ1v) is 6.88. The Morgan fingerprint density at radius 1 is 1.25 bits per heavy atom. The number of rotatable bonds is 3. The zero-order chi connectivity index (χ0) is 14.3. The Balaban J connectivity index is 2.42. The van der Waals surface area contributed by atoms with Crippen LogP contribution in [0.15, 0.2) is 24.3 Å². The summed E-state index contributed by atoms with van der Waals surface area (Å²) in [5, 5.41) is 0. The van der Waals surface area contributed by atoms with E-state index in [1.165, 1.54) is 0 Å². The van der Waals surface area contributed by atoms with Crippen LogP contribution < -0.4 is 10.6 Å². The molecule has 0 saturated heterocycles. The van der Waals surface area contributed by atoms with Crippen molar-refractivity contribution in [2.45, 2.75) is 20.3 Å². The summed E-state index contributed by atoms with van der Waals surface area (Å²) in [5.74, 6) is 1.56. The molecule has 3 rings (SSSR count). The molecule has 0 aliphatic heterocycles. The number of para-hydroxylation sites is 2. The summed E-state index contributed by atoms with van der Waals surface area (Å²) in [6, 6.07) is 8.02. The van der Waals surface area contributed by atoms with E-state index in [9.17, 15) is 0 Å². The quantitative estimate of drug-likeness (QED) is 0.794. The standard InChI is InChI=1S/C15H19N5/c1-4-9-19(3)15-10(2)17-14-13(16)18-11-7-5-6-8-12(11)20(14)15/h5-8H,4,9H2,1-3H3,(H2,16,18). The zero-order valence-electron chi connectivity index (χ0n) is 12.1. The summed E-state index contributed by atoms with van der Waals surface area (Å²) in [5.41, 5.74) is 9.71. The van der Waals surface area contributed by atoms with Crippen molar-refractivity contribution in [1.82, 2.24) is 14.4 Å². The third-order valence-electron chi connectivity index (χ3n) is 3.53. The van der Waals surface area contributed by atoms with Crippen LogP contribution in [0.3, 0.4) is 0 Å². The first-order valence-electron chi connectivity index (χ1n) is 6.88. The van der Waals surface area contributed by atoms with Gasteiger partial charge in [-0.3, -0.25) is 4.40 Å². The van der Waals surface area contributed by atoms with E-state index in [-0.39, 0.29) is 0 Å². The highest BCUT2D eigenvalue weighted by atomic mass is 15.2. The third kappa shape index (κ3) is 1.78. The maximum absolute atomic E-state index is 6.07. The Labute approximate surface area is 118 Å². The molecule has 20 heavy (non-hydrogen) atoms. The molecule has 2 aromatic heterocycles. The van der Waals surface area contributed by atoms with Crippen molar-refractivity contribution in [3.8, 4) is 0 Å². The average molecular weight is 269 g/mol. The second kappa shape index (κ2) is 4.67. The van der Waals surface area contributed by atoms with E-state index >= 15 is 0 Å². The van der Waals surface area contributed by atoms with Crippen molar-refractivity contribution in [3.05, 3.63) is 30.0 Å². The molecule has 0 unspecified atom stereocenters. The van der Waals surface area contributed by atoms with Crippen LogP contribution in [0.1, 0.15) is 19.0 Å². The second-order valence-corrected chi connectivity index (χ2v) is 5.09. The Kier molecular flexibility index (Phi) is 2.97. The van der Waals surface area contributed by atoms with Crippen LogP contribution in [0.2, 0.25) is 0 Å². The number of imidazole rings is 1. The van der Waals surface area contributed by atoms with Gasteiger partial charge in [-0.2, -0.15) is 0 Å². The monoisotopic (exact) mass is 269 g/mol. The zero-order valence-corrected chi connectivity index (χ0v) is 12.1. The molecule has 5 heteroatoms. The summed E-state index contributed by atoms with van der Waals surface area (Å²) in [6.45, 7) is 5.16. The summed E-state index contributed by atoms with van der Waals surface area (Å²) in [6.07, 6.45) is 1.08. The molecule has 0 radical (unpaired) electrons. The van der Waals surface area contributed by atoms with Gasteiger partial charge in [-0.05, 0) is 25.5 Å². The van der Waals surface area contributed by atoms with Crippen LogP contribution in [0.25, 0.3) is 16.7 Å². The lowest BCUT2D eigenvalue weighted by Crippen LogP contribution is -2.20. The lowest BCUT2D eigenvalue weighted by molar-refractivity contribution is 0.832. The van der Waals surface area contributed by atoms with E-state index in [1.807, 2.05) is 25.1 Å². The van der Waals surface area contributed by atoms with Gasteiger partial charge in [-0.15, -0.1) is 0 Å². The third-order valence-corrected chi connectivity index (χ3v) is 3.53. The largest absolute Gasteiger partial charge is 0.381 e. The average Bonchev–Trinajstić information content (AvgIpc) is 2.77. The molecule has 3 aromatic rings. The van der Waals surface area contributed by atoms with Gasteiger partial charge in [0.25, 0.3) is 0 Å². The van der Waals surface area contributed by atoms with Crippen LogP contribution in [-0.4, -0.2) is 28.0 Å². The molecular formula is C15H19N5. The summed E-state index contributed by atoms with van der Waals surface area (Å²) >= 11 is 0. The minimum Gasteiger partial charge on any atom is -0.381 e. The number of nitrogens with two attached hydrogens (primary N) is 1. The second-order valence-electron chi connectivity index (χ2n) is 5.09. The van der Waals surface area contributed by atoms with Crippen LogP contribution in [0.4, 0.5) is 11.6 Å². The van der Waals surface area contributed by atoms with Crippen LogP contribution >= 0.6 is 0 Å². The molecular weight excluding hydrogens is 250 g/mol. The van der Waals surface area contributed by atoms with Gasteiger partial charge in [0.1, 0.15) is 5.82 Å². The highest BCUT2D eigenvalue weighted by Crippen LogP contribution is 2.28. The summed E-state index contributed by atoms with van der Waals surface area (Å²) in [4.78, 5) is 11.3. The van der Waals surface area contributed by atoms with Crippen LogP contribution in [0, 0.1) is 6.92 Å². The predicted octanol–water partition coefficient (Wildman–Crippen LogP) is 2.62. The molecule has 0 bridgehead atoms. The van der Waals surface area contributed by atoms with Crippen molar-refractivity contribution >= 4 is 28.3 Å². The molecule has 0 aliphatic rings. The number of hydrogen-bond acceptors (Lipinski definition) is 4. The molecule has 0 amide bonds. The van der Waals surface area contributed by atoms with E-state index in [1.54, 1.807) is 0 Å². The predicted molar refractivity (Wildman–Crippen MR) is 83.2 cm³/mol. The number of nitrogen functional groups attached to an aromatic ring is 1. The fourth-order valence-electron chi connectivity index (χ4n) is 2.74. The number of aryl methyl sites for hydroxylation is 1. The fourth-order valence-corrected chi connectivity index (χ4v) is 2.74. The molecule has 0 saturated carbocycles. The van der Waals surface area contributed by atoms with Crippen molar-refractivity contribution in [1.29, 1.82) is 0 Å². The summed E-state index contributed by atoms with van der Waals surface area (Å²) < 4.78 is 2.11. The molecule has 2 heterocycles. The number of anilines is 2. The molecule has 5 nitrogen and oxygen atoms in total. The van der Waals surface area contributed by atoms with Crippen molar-refractivity contribution in [3.63, 3.8) is 0 Å². The van der Waals surface area contributed by atoms with E-state index in [2.05, 4.69) is 39.3 Å². The van der Waals surface area contributed by atoms with Gasteiger partial charge < -0.3 is 10.6 Å². The Hall–Kier alpha value is -2.30. The maximum atomic E-state index is 6.07. The lowest BCUT2D eigenvalue weighted by atomic mass is 10.3. The van der Waals surface area contributed by atoms with Gasteiger partial charge in [0.05, 0.1) is 16.7 Å². The minimum atomic E-state index is 0.475. The molecule has 0 fully saturated rings. The Morgan fingerprint density at radius 3 is 2.75 bits per heavy atom. The highest BCUT2D eigenvalue weighted by Gasteiger charge is 2.17. The minimum absolute atomic E-state index is 0.475. The van der Waals surface area contributed by atoms with Crippen molar-refractivity contribution in [2.24, 2.45) is 0 Å². The van der Waals surface area contributed by atoms with Gasteiger partial charge in [0, 0.05) is 13.6 Å². The van der Waals surface area contributed by atoms with Gasteiger partial charge in [0.2, 0.25) is 0 Å². The van der Waals surface area contributed by atoms with Gasteiger partial charge >= 0.3 is 0 Å². The van der Waals surface area contributed by atoms with Gasteiger partial charge in [0.15, 0.2) is 11.5 Å². The fraction of sp³-hybridized carbons (Fsp3) is 0.333. The van der Waals surface area contributed by atoms with Gasteiger partial charge in [-0.25, -0.2) is 9.97 Å². The number of aromatic nitrogens is 3. The SMILES string of the molecule is CCCN(C)c1c(C)nc2c(N)nc3ccccc3n12. The van der Waals surface area contributed by atoms with E-state index in [0.29, 0.717) is 5.82 Å². The Bertz CT molecular complexity index is 775. The van der Waals surface area contributed by atoms with E-state index in [4.69, 9.17) is 5.73 Å². The first-order chi connectivity index (χ1) is 9.63. The number of fused-ring (bicyclic) bond motifs is 3. The van der Waals surface area contributed by atoms with Crippen molar-refractivity contribution < 1.29 is 0 Å². The Morgan fingerprint density at radius 2 is 2.00 bits per heavy atom. The van der Waals surface area contributed by atoms with Crippen LogP contribution in [-0.2, 0) is 0 Å². The number of nitrogens with zero attached hydrogens (tertiary/aromatic N) is 4. The smallest absolute Gasteiger partial charge is 0.182 e. The molecule has 2 N–H and O–H groups in total. The normalized spacial score (nSPS) is 11.3. The summed E-state index contributed by atoms with van der Waals surface area (Å²) in [7, 11) is 2.09. The van der Waals surface area contributed by atoms with E-state index < -0.39 is 0 Å².